The molecule has 1 heterocycles. The number of hydrogen-bond acceptors (Lipinski definition) is 4. The summed E-state index contributed by atoms with van der Waals surface area (Å²) < 4.78 is 11.7. The van der Waals surface area contributed by atoms with Crippen molar-refractivity contribution >= 4 is 17.4 Å². The average molecular weight is 486 g/mol. The number of hydrogen-bond donors (Lipinski definition) is 2. The zero-order valence-electron chi connectivity index (χ0n) is 21.1. The van der Waals surface area contributed by atoms with Crippen molar-refractivity contribution in [3.63, 3.8) is 0 Å². The SMILES string of the molecule is CC1CN(CC2CCc3cc(NC(=O)Nc4ccc(Oc5ccccc5)cc4)ccc3C2)CC(C)O1. The van der Waals surface area contributed by atoms with Gasteiger partial charge in [0.1, 0.15) is 11.5 Å². The Morgan fingerprint density at radius 2 is 1.56 bits per heavy atom. The van der Waals surface area contributed by atoms with Crippen LogP contribution in [0.15, 0.2) is 72.8 Å². The minimum Gasteiger partial charge on any atom is -0.457 e. The highest BCUT2D eigenvalue weighted by molar-refractivity contribution is 5.99. The Morgan fingerprint density at radius 1 is 0.889 bits per heavy atom. The van der Waals surface area contributed by atoms with E-state index in [1.807, 2.05) is 60.7 Å². The number of urea groups is 1. The standard InChI is InChI=1S/C30H35N3O3/c1-21-18-33(19-22(2)35-21)20-23-8-9-25-17-27(11-10-24(25)16-23)32-30(34)31-26-12-14-29(15-13-26)36-28-6-4-3-5-7-28/h3-7,10-15,17,21-23H,8-9,16,18-20H2,1-2H3,(H2,31,32,34). The molecule has 0 bridgehead atoms. The number of ether oxygens (including phenoxy) is 2. The summed E-state index contributed by atoms with van der Waals surface area (Å²) in [4.78, 5) is 15.1. The van der Waals surface area contributed by atoms with Crippen molar-refractivity contribution in [2.24, 2.45) is 5.92 Å². The van der Waals surface area contributed by atoms with Crippen LogP contribution >= 0.6 is 0 Å². The number of amides is 2. The number of morpholine rings is 1. The van der Waals surface area contributed by atoms with E-state index >= 15 is 0 Å². The van der Waals surface area contributed by atoms with Gasteiger partial charge in [0.2, 0.25) is 0 Å². The Labute approximate surface area is 213 Å². The normalized spacial score (nSPS) is 21.9. The number of carbonyl (C=O) groups excluding carboxylic acids is 1. The van der Waals surface area contributed by atoms with Crippen LogP contribution in [0.1, 0.15) is 31.4 Å². The van der Waals surface area contributed by atoms with Crippen LogP contribution in [-0.4, -0.2) is 42.8 Å². The van der Waals surface area contributed by atoms with E-state index in [2.05, 4.69) is 41.5 Å². The number of nitrogens with one attached hydrogen (secondary N) is 2. The van der Waals surface area contributed by atoms with Gasteiger partial charge < -0.3 is 20.1 Å². The molecule has 188 valence electrons. The second kappa shape index (κ2) is 11.1. The van der Waals surface area contributed by atoms with Crippen molar-refractivity contribution < 1.29 is 14.3 Å². The van der Waals surface area contributed by atoms with Gasteiger partial charge in [0.05, 0.1) is 12.2 Å². The van der Waals surface area contributed by atoms with E-state index in [1.54, 1.807) is 0 Å². The van der Waals surface area contributed by atoms with Crippen LogP contribution in [0.5, 0.6) is 11.5 Å². The quantitative estimate of drug-likeness (QED) is 0.428. The van der Waals surface area contributed by atoms with Gasteiger partial charge in [0.25, 0.3) is 0 Å². The lowest BCUT2D eigenvalue weighted by atomic mass is 9.83. The molecule has 2 N–H and O–H groups in total. The maximum Gasteiger partial charge on any atom is 0.323 e. The Kier molecular flexibility index (Phi) is 7.54. The van der Waals surface area contributed by atoms with Gasteiger partial charge in [-0.05, 0) is 98.7 Å². The molecule has 1 fully saturated rings. The molecule has 1 saturated heterocycles. The van der Waals surface area contributed by atoms with Gasteiger partial charge in [-0.3, -0.25) is 4.90 Å². The molecule has 5 rings (SSSR count). The van der Waals surface area contributed by atoms with Crippen LogP contribution in [-0.2, 0) is 17.6 Å². The maximum absolute atomic E-state index is 12.6. The number of carbonyl (C=O) groups is 1. The van der Waals surface area contributed by atoms with E-state index < -0.39 is 0 Å². The summed E-state index contributed by atoms with van der Waals surface area (Å²) in [5.74, 6) is 2.17. The third-order valence-electron chi connectivity index (χ3n) is 6.90. The van der Waals surface area contributed by atoms with E-state index in [0.29, 0.717) is 23.8 Å². The number of aryl methyl sites for hydroxylation is 1. The predicted molar refractivity (Wildman–Crippen MR) is 144 cm³/mol. The predicted octanol–water partition coefficient (Wildman–Crippen LogP) is 6.34. The van der Waals surface area contributed by atoms with Crippen molar-refractivity contribution in [3.8, 4) is 11.5 Å². The summed E-state index contributed by atoms with van der Waals surface area (Å²) in [6.45, 7) is 7.51. The highest BCUT2D eigenvalue weighted by atomic mass is 16.5. The first-order chi connectivity index (χ1) is 17.5. The van der Waals surface area contributed by atoms with Gasteiger partial charge in [-0.15, -0.1) is 0 Å². The third kappa shape index (κ3) is 6.45. The summed E-state index contributed by atoms with van der Waals surface area (Å²) >= 11 is 0. The zero-order valence-corrected chi connectivity index (χ0v) is 21.1. The largest absolute Gasteiger partial charge is 0.457 e. The van der Waals surface area contributed by atoms with E-state index in [-0.39, 0.29) is 6.03 Å². The van der Waals surface area contributed by atoms with Crippen molar-refractivity contribution in [3.05, 3.63) is 83.9 Å². The molecule has 1 aliphatic heterocycles. The number of benzene rings is 3. The van der Waals surface area contributed by atoms with Crippen LogP contribution < -0.4 is 15.4 Å². The Hall–Kier alpha value is -3.35. The number of rotatable bonds is 6. The van der Waals surface area contributed by atoms with Crippen molar-refractivity contribution in [1.82, 2.24) is 4.90 Å². The molecule has 0 saturated carbocycles. The molecule has 3 aromatic rings. The lowest BCUT2D eigenvalue weighted by Gasteiger charge is -2.38. The molecule has 36 heavy (non-hydrogen) atoms. The fourth-order valence-electron chi connectivity index (χ4n) is 5.39. The second-order valence-electron chi connectivity index (χ2n) is 10.1. The number of anilines is 2. The molecule has 0 aromatic heterocycles. The Balaban J connectivity index is 1.12. The molecule has 6 heteroatoms. The molecule has 3 unspecified atom stereocenters. The first-order valence-electron chi connectivity index (χ1n) is 12.9. The van der Waals surface area contributed by atoms with Crippen molar-refractivity contribution in [1.29, 1.82) is 0 Å². The van der Waals surface area contributed by atoms with Gasteiger partial charge in [-0.1, -0.05) is 24.3 Å². The molecule has 1 aliphatic carbocycles. The van der Waals surface area contributed by atoms with Crippen molar-refractivity contribution in [2.75, 3.05) is 30.3 Å². The Bertz CT molecular complexity index is 1160. The highest BCUT2D eigenvalue weighted by Gasteiger charge is 2.26. The molecule has 6 nitrogen and oxygen atoms in total. The van der Waals surface area contributed by atoms with Gasteiger partial charge >= 0.3 is 6.03 Å². The van der Waals surface area contributed by atoms with Crippen LogP contribution in [0.3, 0.4) is 0 Å². The minimum absolute atomic E-state index is 0.254. The van der Waals surface area contributed by atoms with Gasteiger partial charge in [-0.2, -0.15) is 0 Å². The van der Waals surface area contributed by atoms with Crippen LogP contribution in [0.2, 0.25) is 0 Å². The van der Waals surface area contributed by atoms with Crippen molar-refractivity contribution in [2.45, 2.75) is 45.3 Å². The summed E-state index contributed by atoms with van der Waals surface area (Å²) in [6.07, 6.45) is 3.95. The topological polar surface area (TPSA) is 62.8 Å². The second-order valence-corrected chi connectivity index (χ2v) is 10.1. The summed E-state index contributed by atoms with van der Waals surface area (Å²) in [6, 6.07) is 23.0. The number of para-hydroxylation sites is 1. The fraction of sp³-hybridized carbons (Fsp3) is 0.367. The fourth-order valence-corrected chi connectivity index (χ4v) is 5.39. The monoisotopic (exact) mass is 485 g/mol. The van der Waals surface area contributed by atoms with Gasteiger partial charge in [0.15, 0.2) is 0 Å². The molecule has 2 amide bonds. The molecule has 3 aromatic carbocycles. The lowest BCUT2D eigenvalue weighted by molar-refractivity contribution is -0.0717. The lowest BCUT2D eigenvalue weighted by Crippen LogP contribution is -2.47. The summed E-state index contributed by atoms with van der Waals surface area (Å²) in [5.41, 5.74) is 4.28. The van der Waals surface area contributed by atoms with E-state index in [9.17, 15) is 4.79 Å². The minimum atomic E-state index is -0.254. The van der Waals surface area contributed by atoms with Crippen LogP contribution in [0.4, 0.5) is 16.2 Å². The molecular weight excluding hydrogens is 450 g/mol. The number of fused-ring (bicyclic) bond motifs is 1. The number of nitrogens with zero attached hydrogens (tertiary/aromatic N) is 1. The first kappa shape index (κ1) is 24.3. The zero-order chi connectivity index (χ0) is 24.9. The third-order valence-corrected chi connectivity index (χ3v) is 6.90. The van der Waals surface area contributed by atoms with Crippen LogP contribution in [0, 0.1) is 5.92 Å². The molecule has 0 radical (unpaired) electrons. The van der Waals surface area contributed by atoms with Gasteiger partial charge in [-0.25, -0.2) is 4.79 Å². The first-order valence-corrected chi connectivity index (χ1v) is 12.9. The summed E-state index contributed by atoms with van der Waals surface area (Å²) in [7, 11) is 0. The van der Waals surface area contributed by atoms with E-state index in [0.717, 1.165) is 49.7 Å². The molecule has 2 aliphatic rings. The molecule has 3 atom stereocenters. The van der Waals surface area contributed by atoms with E-state index in [1.165, 1.54) is 17.5 Å². The smallest absolute Gasteiger partial charge is 0.323 e. The van der Waals surface area contributed by atoms with Crippen LogP contribution in [0.25, 0.3) is 0 Å². The van der Waals surface area contributed by atoms with E-state index in [4.69, 9.17) is 9.47 Å². The Morgan fingerprint density at radius 3 is 2.31 bits per heavy atom. The average Bonchev–Trinajstić information content (AvgIpc) is 2.85. The molecular formula is C30H35N3O3. The summed E-state index contributed by atoms with van der Waals surface area (Å²) in [5, 5.41) is 5.88. The maximum atomic E-state index is 12.6. The molecule has 0 spiro atoms. The highest BCUT2D eigenvalue weighted by Crippen LogP contribution is 2.29. The van der Waals surface area contributed by atoms with Gasteiger partial charge in [0, 0.05) is 31.0 Å².